The molecule has 4 heteroatoms. The standard InChI is InChI=1S/C17H16F2N2/c1-11-6-7-13(8-16(11)18)12(2)21-10-15-5-3-4-14(9-20)17(15)19/h3-8,12,21H,10H2,1-2H3. The molecule has 1 atom stereocenters. The van der Waals surface area contributed by atoms with Gasteiger partial charge in [-0.25, -0.2) is 8.78 Å². The Labute approximate surface area is 123 Å². The maximum absolute atomic E-state index is 13.9. The van der Waals surface area contributed by atoms with Crippen molar-refractivity contribution in [2.75, 3.05) is 0 Å². The third-order valence-electron chi connectivity index (χ3n) is 3.49. The van der Waals surface area contributed by atoms with E-state index in [-0.39, 0.29) is 24.0 Å². The highest BCUT2D eigenvalue weighted by Crippen LogP contribution is 2.18. The maximum atomic E-state index is 13.9. The molecule has 0 radical (unpaired) electrons. The molecule has 0 aromatic heterocycles. The number of aryl methyl sites for hydroxylation is 1. The molecule has 1 N–H and O–H groups in total. The first-order chi connectivity index (χ1) is 10.0. The second-order valence-electron chi connectivity index (χ2n) is 5.00. The third-order valence-corrected chi connectivity index (χ3v) is 3.49. The van der Waals surface area contributed by atoms with Gasteiger partial charge < -0.3 is 5.32 Å². The molecule has 0 saturated heterocycles. The Morgan fingerprint density at radius 1 is 1.24 bits per heavy atom. The van der Waals surface area contributed by atoms with Crippen molar-refractivity contribution in [1.29, 1.82) is 5.26 Å². The van der Waals surface area contributed by atoms with Crippen LogP contribution in [0.5, 0.6) is 0 Å². The van der Waals surface area contributed by atoms with Gasteiger partial charge in [0, 0.05) is 18.2 Å². The van der Waals surface area contributed by atoms with Crippen molar-refractivity contribution < 1.29 is 8.78 Å². The van der Waals surface area contributed by atoms with Crippen LogP contribution >= 0.6 is 0 Å². The highest BCUT2D eigenvalue weighted by atomic mass is 19.1. The summed E-state index contributed by atoms with van der Waals surface area (Å²) in [7, 11) is 0. The molecule has 2 rings (SSSR count). The number of hydrogen-bond donors (Lipinski definition) is 1. The first-order valence-electron chi connectivity index (χ1n) is 6.70. The van der Waals surface area contributed by atoms with Gasteiger partial charge in [-0.1, -0.05) is 24.3 Å². The molecule has 0 aliphatic carbocycles. The predicted octanol–water partition coefficient (Wildman–Crippen LogP) is 4.00. The molecular formula is C17H16F2N2. The first kappa shape index (κ1) is 15.1. The summed E-state index contributed by atoms with van der Waals surface area (Å²) < 4.78 is 27.5. The number of halogens is 2. The van der Waals surface area contributed by atoms with Crippen LogP contribution in [0.25, 0.3) is 0 Å². The zero-order valence-corrected chi connectivity index (χ0v) is 12.0. The van der Waals surface area contributed by atoms with E-state index in [2.05, 4.69) is 5.32 Å². The largest absolute Gasteiger partial charge is 0.306 e. The average molecular weight is 286 g/mol. The van der Waals surface area contributed by atoms with E-state index < -0.39 is 5.82 Å². The van der Waals surface area contributed by atoms with Crippen LogP contribution in [0.1, 0.15) is 35.2 Å². The molecule has 2 aromatic carbocycles. The van der Waals surface area contributed by atoms with Crippen LogP contribution in [0.3, 0.4) is 0 Å². The van der Waals surface area contributed by atoms with E-state index in [1.54, 1.807) is 25.1 Å². The summed E-state index contributed by atoms with van der Waals surface area (Å²) in [4.78, 5) is 0. The lowest BCUT2D eigenvalue weighted by Gasteiger charge is -2.15. The molecule has 0 spiro atoms. The summed E-state index contributed by atoms with van der Waals surface area (Å²) in [6.45, 7) is 3.87. The topological polar surface area (TPSA) is 35.8 Å². The lowest BCUT2D eigenvalue weighted by atomic mass is 10.1. The minimum absolute atomic E-state index is 0.0309. The Kier molecular flexibility index (Phi) is 4.66. The van der Waals surface area contributed by atoms with Crippen LogP contribution in [0.4, 0.5) is 8.78 Å². The molecule has 21 heavy (non-hydrogen) atoms. The second kappa shape index (κ2) is 6.47. The minimum Gasteiger partial charge on any atom is -0.306 e. The molecule has 2 nitrogen and oxygen atoms in total. The Morgan fingerprint density at radius 3 is 2.67 bits per heavy atom. The fourth-order valence-corrected chi connectivity index (χ4v) is 2.06. The number of nitriles is 1. The highest BCUT2D eigenvalue weighted by Gasteiger charge is 2.11. The average Bonchev–Trinajstić information content (AvgIpc) is 2.48. The van der Waals surface area contributed by atoms with E-state index in [0.717, 1.165) is 5.56 Å². The van der Waals surface area contributed by atoms with Crippen LogP contribution in [0.15, 0.2) is 36.4 Å². The number of rotatable bonds is 4. The Morgan fingerprint density at radius 2 is 2.00 bits per heavy atom. The molecule has 2 aromatic rings. The smallest absolute Gasteiger partial charge is 0.145 e. The summed E-state index contributed by atoms with van der Waals surface area (Å²) in [5.41, 5.74) is 1.85. The van der Waals surface area contributed by atoms with E-state index in [0.29, 0.717) is 11.1 Å². The number of nitrogens with zero attached hydrogens (tertiary/aromatic N) is 1. The molecule has 0 saturated carbocycles. The van der Waals surface area contributed by atoms with Gasteiger partial charge in [0.1, 0.15) is 17.7 Å². The van der Waals surface area contributed by atoms with E-state index in [9.17, 15) is 8.78 Å². The van der Waals surface area contributed by atoms with Crippen molar-refractivity contribution in [3.63, 3.8) is 0 Å². The zero-order valence-electron chi connectivity index (χ0n) is 12.0. The zero-order chi connectivity index (χ0) is 15.4. The summed E-state index contributed by atoms with van der Waals surface area (Å²) in [5, 5.41) is 11.9. The molecule has 0 heterocycles. The van der Waals surface area contributed by atoms with E-state index in [4.69, 9.17) is 5.26 Å². The summed E-state index contributed by atoms with van der Waals surface area (Å²) in [6.07, 6.45) is 0. The maximum Gasteiger partial charge on any atom is 0.145 e. The van der Waals surface area contributed by atoms with Gasteiger partial charge in [0.2, 0.25) is 0 Å². The van der Waals surface area contributed by atoms with Gasteiger partial charge in [0.05, 0.1) is 5.56 Å². The Hall–Kier alpha value is -2.25. The molecule has 0 aliphatic rings. The second-order valence-corrected chi connectivity index (χ2v) is 5.00. The lowest BCUT2D eigenvalue weighted by Crippen LogP contribution is -2.19. The molecule has 0 bridgehead atoms. The van der Waals surface area contributed by atoms with Crippen molar-refractivity contribution in [3.8, 4) is 6.07 Å². The Balaban J connectivity index is 2.09. The fourth-order valence-electron chi connectivity index (χ4n) is 2.06. The Bertz CT molecular complexity index is 690. The van der Waals surface area contributed by atoms with Crippen molar-refractivity contribution in [1.82, 2.24) is 5.32 Å². The molecule has 1 unspecified atom stereocenters. The van der Waals surface area contributed by atoms with E-state index in [1.807, 2.05) is 19.1 Å². The number of benzene rings is 2. The van der Waals surface area contributed by atoms with E-state index >= 15 is 0 Å². The normalized spacial score (nSPS) is 12.0. The van der Waals surface area contributed by atoms with Crippen molar-refractivity contribution in [2.24, 2.45) is 0 Å². The van der Waals surface area contributed by atoms with Crippen LogP contribution in [-0.2, 0) is 6.54 Å². The minimum atomic E-state index is -0.505. The number of hydrogen-bond acceptors (Lipinski definition) is 2. The van der Waals surface area contributed by atoms with Gasteiger partial charge in [-0.15, -0.1) is 0 Å². The van der Waals surface area contributed by atoms with Gasteiger partial charge in [-0.05, 0) is 37.1 Å². The van der Waals surface area contributed by atoms with Gasteiger partial charge >= 0.3 is 0 Å². The van der Waals surface area contributed by atoms with Crippen molar-refractivity contribution in [2.45, 2.75) is 26.4 Å². The molecule has 0 fully saturated rings. The van der Waals surface area contributed by atoms with Crippen LogP contribution in [0.2, 0.25) is 0 Å². The lowest BCUT2D eigenvalue weighted by molar-refractivity contribution is 0.538. The molecule has 0 amide bonds. The predicted molar refractivity (Wildman–Crippen MR) is 77.5 cm³/mol. The van der Waals surface area contributed by atoms with Crippen LogP contribution in [-0.4, -0.2) is 0 Å². The van der Waals surface area contributed by atoms with Crippen LogP contribution < -0.4 is 5.32 Å². The summed E-state index contributed by atoms with van der Waals surface area (Å²) in [5.74, 6) is -0.756. The highest BCUT2D eigenvalue weighted by molar-refractivity contribution is 5.35. The molecular weight excluding hydrogens is 270 g/mol. The molecule has 0 aliphatic heterocycles. The van der Waals surface area contributed by atoms with Gasteiger partial charge in [0.15, 0.2) is 0 Å². The third kappa shape index (κ3) is 3.45. The summed E-state index contributed by atoms with van der Waals surface area (Å²) in [6, 6.07) is 11.5. The van der Waals surface area contributed by atoms with Crippen LogP contribution in [0, 0.1) is 29.9 Å². The van der Waals surface area contributed by atoms with Gasteiger partial charge in [0.25, 0.3) is 0 Å². The monoisotopic (exact) mass is 286 g/mol. The fraction of sp³-hybridized carbons (Fsp3) is 0.235. The molecule has 108 valence electrons. The number of nitrogens with one attached hydrogen (secondary N) is 1. The van der Waals surface area contributed by atoms with Crippen molar-refractivity contribution in [3.05, 3.63) is 70.3 Å². The summed E-state index contributed by atoms with van der Waals surface area (Å²) >= 11 is 0. The van der Waals surface area contributed by atoms with Gasteiger partial charge in [-0.3, -0.25) is 0 Å². The van der Waals surface area contributed by atoms with E-state index in [1.165, 1.54) is 12.1 Å². The SMILES string of the molecule is Cc1ccc(C(C)NCc2cccc(C#N)c2F)cc1F. The van der Waals surface area contributed by atoms with Gasteiger partial charge in [-0.2, -0.15) is 5.26 Å². The van der Waals surface area contributed by atoms with Crippen molar-refractivity contribution >= 4 is 0 Å². The quantitative estimate of drug-likeness (QED) is 0.922. The first-order valence-corrected chi connectivity index (χ1v) is 6.70.